The summed E-state index contributed by atoms with van der Waals surface area (Å²) in [5.41, 5.74) is -0.141. The summed E-state index contributed by atoms with van der Waals surface area (Å²) < 4.78 is 0. The predicted molar refractivity (Wildman–Crippen MR) is 92.4 cm³/mol. The topological polar surface area (TPSA) is 40.5 Å². The minimum Gasteiger partial charge on any atom is -0.365 e. The van der Waals surface area contributed by atoms with Gasteiger partial charge < -0.3 is 10.2 Å². The van der Waals surface area contributed by atoms with Gasteiger partial charge in [0.1, 0.15) is 0 Å². The van der Waals surface area contributed by atoms with Crippen LogP contribution >= 0.6 is 0 Å². The molecular formula is C20H38O2. The molecule has 0 aromatic rings. The second-order valence-corrected chi connectivity index (χ2v) is 9.39. The van der Waals surface area contributed by atoms with Gasteiger partial charge in [0.25, 0.3) is 0 Å². The highest BCUT2D eigenvalue weighted by Crippen LogP contribution is 2.64. The van der Waals surface area contributed by atoms with Gasteiger partial charge in [-0.2, -0.15) is 0 Å². The molecule has 2 fully saturated rings. The Labute approximate surface area is 137 Å². The smallest absolute Gasteiger partial charge is 0.168 e. The van der Waals surface area contributed by atoms with Crippen molar-refractivity contribution in [3.05, 3.63) is 0 Å². The van der Waals surface area contributed by atoms with Crippen molar-refractivity contribution in [2.45, 2.75) is 92.3 Å². The third-order valence-corrected chi connectivity index (χ3v) is 7.68. The highest BCUT2D eigenvalue weighted by Gasteiger charge is 2.63. The fourth-order valence-electron chi connectivity index (χ4n) is 5.75. The Hall–Kier alpha value is -0.0800. The number of fused-ring (bicyclic) bond motifs is 1. The molecule has 2 nitrogen and oxygen atoms in total. The van der Waals surface area contributed by atoms with E-state index in [0.29, 0.717) is 24.2 Å². The van der Waals surface area contributed by atoms with Crippen LogP contribution in [0.5, 0.6) is 0 Å². The third-order valence-electron chi connectivity index (χ3n) is 7.68. The van der Waals surface area contributed by atoms with E-state index in [-0.39, 0.29) is 10.8 Å². The molecule has 0 aliphatic heterocycles. The largest absolute Gasteiger partial charge is 0.365 e. The molecule has 0 radical (unpaired) electrons. The van der Waals surface area contributed by atoms with E-state index in [1.807, 2.05) is 0 Å². The van der Waals surface area contributed by atoms with Gasteiger partial charge in [0, 0.05) is 11.8 Å². The lowest BCUT2D eigenvalue weighted by atomic mass is 9.44. The lowest BCUT2D eigenvalue weighted by Gasteiger charge is -2.63. The Balaban J connectivity index is 2.33. The summed E-state index contributed by atoms with van der Waals surface area (Å²) in [6.45, 7) is 13.8. The molecule has 0 heterocycles. The van der Waals surface area contributed by atoms with Crippen LogP contribution in [-0.4, -0.2) is 16.0 Å². The molecule has 0 aromatic carbocycles. The molecule has 2 N–H and O–H groups in total. The molecule has 22 heavy (non-hydrogen) atoms. The molecule has 0 amide bonds. The van der Waals surface area contributed by atoms with Crippen molar-refractivity contribution in [3.8, 4) is 0 Å². The van der Waals surface area contributed by atoms with E-state index in [4.69, 9.17) is 0 Å². The van der Waals surface area contributed by atoms with E-state index in [1.54, 1.807) is 0 Å². The van der Waals surface area contributed by atoms with E-state index in [9.17, 15) is 10.2 Å². The van der Waals surface area contributed by atoms with Crippen LogP contribution in [0.4, 0.5) is 0 Å². The standard InChI is InChI=1S/C20H38O2/c1-7-14(2)8-10-16-15(3)9-11-17-18(4,5)12-13-20(21,22)19(16,17)6/h14-17,21-22H,7-13H2,1-6H3/t14-,15+,16-,17+,19-/m1/s1. The van der Waals surface area contributed by atoms with Crippen LogP contribution in [0.15, 0.2) is 0 Å². The van der Waals surface area contributed by atoms with Gasteiger partial charge in [-0.1, -0.05) is 60.8 Å². The van der Waals surface area contributed by atoms with E-state index in [0.717, 1.165) is 25.2 Å². The molecule has 2 heteroatoms. The molecule has 2 aliphatic carbocycles. The highest BCUT2D eigenvalue weighted by atomic mass is 16.5. The molecule has 130 valence electrons. The zero-order valence-electron chi connectivity index (χ0n) is 15.7. The van der Waals surface area contributed by atoms with Crippen molar-refractivity contribution in [2.75, 3.05) is 0 Å². The molecule has 0 aromatic heterocycles. The number of rotatable bonds is 4. The lowest BCUT2D eigenvalue weighted by Crippen LogP contribution is -2.64. The molecule has 0 spiro atoms. The molecule has 2 rings (SSSR count). The first-order valence-corrected chi connectivity index (χ1v) is 9.51. The summed E-state index contributed by atoms with van der Waals surface area (Å²) in [7, 11) is 0. The van der Waals surface area contributed by atoms with Crippen molar-refractivity contribution in [1.29, 1.82) is 0 Å². The van der Waals surface area contributed by atoms with Crippen LogP contribution in [0, 0.1) is 34.5 Å². The average molecular weight is 311 g/mol. The summed E-state index contributed by atoms with van der Waals surface area (Å²) >= 11 is 0. The minimum absolute atomic E-state index is 0.221. The monoisotopic (exact) mass is 310 g/mol. The second kappa shape index (κ2) is 6.09. The second-order valence-electron chi connectivity index (χ2n) is 9.39. The Morgan fingerprint density at radius 2 is 1.73 bits per heavy atom. The van der Waals surface area contributed by atoms with E-state index in [2.05, 4.69) is 41.5 Å². The van der Waals surface area contributed by atoms with E-state index in [1.165, 1.54) is 19.3 Å². The summed E-state index contributed by atoms with van der Waals surface area (Å²) in [5, 5.41) is 21.9. The Kier molecular flexibility index (Phi) is 5.06. The van der Waals surface area contributed by atoms with Crippen molar-refractivity contribution < 1.29 is 10.2 Å². The van der Waals surface area contributed by atoms with Gasteiger partial charge in [-0.15, -0.1) is 0 Å². The summed E-state index contributed by atoms with van der Waals surface area (Å²) in [4.78, 5) is 0. The fraction of sp³-hybridized carbons (Fsp3) is 1.00. The van der Waals surface area contributed by atoms with Gasteiger partial charge in [0.05, 0.1) is 0 Å². The maximum atomic E-state index is 10.9. The first-order valence-electron chi connectivity index (χ1n) is 9.51. The fourth-order valence-corrected chi connectivity index (χ4v) is 5.75. The first kappa shape index (κ1) is 18.3. The summed E-state index contributed by atoms with van der Waals surface area (Å²) in [6.07, 6.45) is 7.41. The van der Waals surface area contributed by atoms with E-state index < -0.39 is 5.79 Å². The molecule has 2 saturated carbocycles. The minimum atomic E-state index is -1.50. The van der Waals surface area contributed by atoms with Crippen LogP contribution in [0.3, 0.4) is 0 Å². The number of aliphatic hydroxyl groups is 2. The molecule has 2 aliphatic rings. The van der Waals surface area contributed by atoms with Crippen molar-refractivity contribution >= 4 is 0 Å². The van der Waals surface area contributed by atoms with Crippen LogP contribution in [-0.2, 0) is 0 Å². The number of hydrogen-bond donors (Lipinski definition) is 2. The van der Waals surface area contributed by atoms with Gasteiger partial charge in [0.15, 0.2) is 5.79 Å². The quantitative estimate of drug-likeness (QED) is 0.719. The van der Waals surface area contributed by atoms with Gasteiger partial charge in [0.2, 0.25) is 0 Å². The average Bonchev–Trinajstić information content (AvgIpc) is 2.43. The van der Waals surface area contributed by atoms with Crippen molar-refractivity contribution in [3.63, 3.8) is 0 Å². The van der Waals surface area contributed by atoms with Crippen LogP contribution in [0.2, 0.25) is 0 Å². The van der Waals surface area contributed by atoms with Crippen LogP contribution in [0.1, 0.15) is 86.5 Å². The molecule has 0 saturated heterocycles. The predicted octanol–water partition coefficient (Wildman–Crippen LogP) is 4.98. The molecule has 5 atom stereocenters. The normalized spacial score (nSPS) is 41.7. The zero-order valence-corrected chi connectivity index (χ0v) is 15.7. The van der Waals surface area contributed by atoms with Crippen molar-refractivity contribution in [2.24, 2.45) is 34.5 Å². The highest BCUT2D eigenvalue weighted by molar-refractivity contribution is 5.09. The molecule has 0 bridgehead atoms. The van der Waals surface area contributed by atoms with Crippen LogP contribution in [0.25, 0.3) is 0 Å². The van der Waals surface area contributed by atoms with Gasteiger partial charge >= 0.3 is 0 Å². The molecular weight excluding hydrogens is 272 g/mol. The maximum absolute atomic E-state index is 10.9. The van der Waals surface area contributed by atoms with Crippen LogP contribution < -0.4 is 0 Å². The molecule has 0 unspecified atom stereocenters. The number of hydrogen-bond acceptors (Lipinski definition) is 2. The Morgan fingerprint density at radius 1 is 1.09 bits per heavy atom. The Morgan fingerprint density at radius 3 is 2.32 bits per heavy atom. The van der Waals surface area contributed by atoms with Gasteiger partial charge in [-0.25, -0.2) is 0 Å². The maximum Gasteiger partial charge on any atom is 0.168 e. The van der Waals surface area contributed by atoms with Gasteiger partial charge in [-0.3, -0.25) is 0 Å². The summed E-state index contributed by atoms with van der Waals surface area (Å²) in [6, 6.07) is 0. The van der Waals surface area contributed by atoms with Crippen molar-refractivity contribution in [1.82, 2.24) is 0 Å². The van der Waals surface area contributed by atoms with Gasteiger partial charge in [-0.05, 0) is 48.3 Å². The Bertz CT molecular complexity index is 387. The lowest BCUT2D eigenvalue weighted by molar-refractivity contribution is -0.323. The third kappa shape index (κ3) is 2.86. The zero-order chi connectivity index (χ0) is 16.8. The SMILES string of the molecule is CC[C@@H](C)CC[C@@H]1[C@@H](C)CC[C@H]2C(C)(C)CCC(O)(O)[C@]12C. The summed E-state index contributed by atoms with van der Waals surface area (Å²) in [5.74, 6) is 0.677. The van der Waals surface area contributed by atoms with E-state index >= 15 is 0 Å². The first-order chi connectivity index (χ1) is 10.1.